The molecule has 0 radical (unpaired) electrons. The highest BCUT2D eigenvalue weighted by Gasteiger charge is 2.17. The van der Waals surface area contributed by atoms with Gasteiger partial charge in [-0.1, -0.05) is 31.0 Å². The van der Waals surface area contributed by atoms with Crippen LogP contribution in [0.25, 0.3) is 6.08 Å². The number of nitrogens with zero attached hydrogens (tertiary/aromatic N) is 1. The number of carbonyl (C=O) groups is 2. The Morgan fingerprint density at radius 2 is 1.89 bits per heavy atom. The van der Waals surface area contributed by atoms with Gasteiger partial charge in [0, 0.05) is 18.3 Å². The van der Waals surface area contributed by atoms with Crippen molar-refractivity contribution >= 4 is 18.0 Å². The van der Waals surface area contributed by atoms with Crippen LogP contribution in [0.2, 0.25) is 0 Å². The molecule has 1 aromatic carbocycles. The van der Waals surface area contributed by atoms with Gasteiger partial charge in [0.1, 0.15) is 12.4 Å². The van der Waals surface area contributed by atoms with E-state index < -0.39 is 5.97 Å². The molecule has 146 valence electrons. The highest BCUT2D eigenvalue weighted by molar-refractivity contribution is 5.89. The van der Waals surface area contributed by atoms with Gasteiger partial charge in [0.25, 0.3) is 5.91 Å². The van der Waals surface area contributed by atoms with E-state index in [4.69, 9.17) is 9.47 Å². The maximum atomic E-state index is 11.8. The third-order valence-electron chi connectivity index (χ3n) is 4.47. The van der Waals surface area contributed by atoms with Gasteiger partial charge in [0.05, 0.1) is 5.69 Å². The summed E-state index contributed by atoms with van der Waals surface area (Å²) in [6.07, 6.45) is 8.96. The number of rotatable bonds is 8. The first kappa shape index (κ1) is 19.6. The van der Waals surface area contributed by atoms with E-state index >= 15 is 0 Å². The molecule has 1 aliphatic carbocycles. The number of pyridine rings is 1. The van der Waals surface area contributed by atoms with Crippen molar-refractivity contribution in [2.45, 2.75) is 38.3 Å². The van der Waals surface area contributed by atoms with Gasteiger partial charge in [0.15, 0.2) is 6.61 Å². The van der Waals surface area contributed by atoms with E-state index in [2.05, 4.69) is 10.3 Å². The van der Waals surface area contributed by atoms with E-state index in [1.807, 2.05) is 42.5 Å². The van der Waals surface area contributed by atoms with Crippen LogP contribution in [0, 0.1) is 0 Å². The lowest BCUT2D eigenvalue weighted by molar-refractivity contribution is -0.144. The highest BCUT2D eigenvalue weighted by atomic mass is 16.5. The molecule has 6 nitrogen and oxygen atoms in total. The Morgan fingerprint density at radius 1 is 1.11 bits per heavy atom. The molecule has 2 aromatic rings. The van der Waals surface area contributed by atoms with Crippen LogP contribution in [0.15, 0.2) is 54.7 Å². The molecule has 1 N–H and O–H groups in total. The van der Waals surface area contributed by atoms with Crippen molar-refractivity contribution in [2.75, 3.05) is 6.61 Å². The van der Waals surface area contributed by atoms with E-state index in [1.165, 1.54) is 6.08 Å². The van der Waals surface area contributed by atoms with Gasteiger partial charge in [0.2, 0.25) is 0 Å². The summed E-state index contributed by atoms with van der Waals surface area (Å²) in [6.45, 7) is 0.144. The molecule has 0 spiro atoms. The van der Waals surface area contributed by atoms with E-state index in [0.717, 1.165) is 36.9 Å². The molecule has 28 heavy (non-hydrogen) atoms. The van der Waals surface area contributed by atoms with Crippen molar-refractivity contribution in [1.29, 1.82) is 0 Å². The molecule has 6 heteroatoms. The summed E-state index contributed by atoms with van der Waals surface area (Å²) in [4.78, 5) is 27.7. The smallest absolute Gasteiger partial charge is 0.331 e. The number of nitrogens with one attached hydrogen (secondary N) is 1. The maximum Gasteiger partial charge on any atom is 0.331 e. The molecule has 0 atom stereocenters. The second-order valence-corrected chi connectivity index (χ2v) is 6.67. The van der Waals surface area contributed by atoms with Crippen LogP contribution in [-0.2, 0) is 20.9 Å². The summed E-state index contributed by atoms with van der Waals surface area (Å²) in [5.74, 6) is -0.0749. The minimum Gasteiger partial charge on any atom is -0.487 e. The predicted molar refractivity (Wildman–Crippen MR) is 105 cm³/mol. The number of carbonyl (C=O) groups excluding carboxylic acids is 2. The van der Waals surface area contributed by atoms with E-state index in [1.54, 1.807) is 12.3 Å². The van der Waals surface area contributed by atoms with Gasteiger partial charge in [-0.25, -0.2) is 4.79 Å². The summed E-state index contributed by atoms with van der Waals surface area (Å²) in [7, 11) is 0. The van der Waals surface area contributed by atoms with Gasteiger partial charge in [-0.2, -0.15) is 0 Å². The topological polar surface area (TPSA) is 77.5 Å². The minimum absolute atomic E-state index is 0.222. The van der Waals surface area contributed by atoms with Crippen LogP contribution in [0.1, 0.15) is 36.9 Å². The van der Waals surface area contributed by atoms with Gasteiger partial charge >= 0.3 is 5.97 Å². The molecule has 3 rings (SSSR count). The third-order valence-corrected chi connectivity index (χ3v) is 4.47. The summed E-state index contributed by atoms with van der Waals surface area (Å²) < 4.78 is 10.6. The normalized spacial score (nSPS) is 14.1. The molecule has 0 bridgehead atoms. The zero-order chi connectivity index (χ0) is 19.6. The number of esters is 1. The van der Waals surface area contributed by atoms with Crippen molar-refractivity contribution in [3.8, 4) is 5.75 Å². The standard InChI is InChI=1S/C22H24N2O4/c25-21(24-18-5-1-2-6-18)16-28-22(26)13-10-17-8-11-20(12-9-17)27-15-19-7-3-4-14-23-19/h3-4,7-14,18H,1-2,5-6,15-16H2,(H,24,25). The lowest BCUT2D eigenvalue weighted by Crippen LogP contribution is -2.35. The Morgan fingerprint density at radius 3 is 2.61 bits per heavy atom. The van der Waals surface area contributed by atoms with E-state index in [0.29, 0.717) is 12.4 Å². The molecule has 1 aliphatic rings. The quantitative estimate of drug-likeness (QED) is 0.562. The average molecular weight is 380 g/mol. The van der Waals surface area contributed by atoms with Crippen LogP contribution in [0.4, 0.5) is 0 Å². The fourth-order valence-corrected chi connectivity index (χ4v) is 3.00. The summed E-state index contributed by atoms with van der Waals surface area (Å²) in [5.41, 5.74) is 1.68. The molecule has 1 amide bonds. The van der Waals surface area contributed by atoms with Crippen LogP contribution >= 0.6 is 0 Å². The first-order valence-electron chi connectivity index (χ1n) is 9.46. The lowest BCUT2D eigenvalue weighted by atomic mass is 10.2. The van der Waals surface area contributed by atoms with Crippen LogP contribution in [-0.4, -0.2) is 29.5 Å². The van der Waals surface area contributed by atoms with Crippen molar-refractivity contribution in [3.05, 3.63) is 66.0 Å². The van der Waals surface area contributed by atoms with Crippen LogP contribution < -0.4 is 10.1 Å². The van der Waals surface area contributed by atoms with Crippen LogP contribution in [0.5, 0.6) is 5.75 Å². The second-order valence-electron chi connectivity index (χ2n) is 6.67. The van der Waals surface area contributed by atoms with Gasteiger partial charge in [-0.15, -0.1) is 0 Å². The lowest BCUT2D eigenvalue weighted by Gasteiger charge is -2.11. The van der Waals surface area contributed by atoms with Gasteiger partial charge < -0.3 is 14.8 Å². The summed E-state index contributed by atoms with van der Waals surface area (Å²) >= 11 is 0. The Bertz CT molecular complexity index is 797. The highest BCUT2D eigenvalue weighted by Crippen LogP contribution is 2.17. The molecule has 0 aliphatic heterocycles. The Labute approximate surface area is 164 Å². The fourth-order valence-electron chi connectivity index (χ4n) is 3.00. The zero-order valence-electron chi connectivity index (χ0n) is 15.7. The largest absolute Gasteiger partial charge is 0.487 e. The van der Waals surface area contributed by atoms with Crippen LogP contribution in [0.3, 0.4) is 0 Å². The fraction of sp³-hybridized carbons (Fsp3) is 0.318. The predicted octanol–water partition coefficient (Wildman–Crippen LogP) is 3.28. The van der Waals surface area contributed by atoms with Crippen molar-refractivity contribution in [3.63, 3.8) is 0 Å². The molecule has 1 aromatic heterocycles. The molecule has 0 saturated heterocycles. The SMILES string of the molecule is O=C(COC(=O)C=Cc1ccc(OCc2ccccn2)cc1)NC1CCCC1. The number of hydrogen-bond donors (Lipinski definition) is 1. The third kappa shape index (κ3) is 6.54. The number of aromatic nitrogens is 1. The first-order valence-corrected chi connectivity index (χ1v) is 9.46. The average Bonchev–Trinajstić information content (AvgIpc) is 3.23. The van der Waals surface area contributed by atoms with E-state index in [-0.39, 0.29) is 18.6 Å². The van der Waals surface area contributed by atoms with Crippen molar-refractivity contribution < 1.29 is 19.1 Å². The molecular weight excluding hydrogens is 356 g/mol. The Hall–Kier alpha value is -3.15. The monoisotopic (exact) mass is 380 g/mol. The number of benzene rings is 1. The summed E-state index contributed by atoms with van der Waals surface area (Å²) in [5, 5.41) is 2.88. The Kier molecular flexibility index (Phi) is 7.18. The minimum atomic E-state index is -0.544. The molecule has 1 heterocycles. The number of amides is 1. The van der Waals surface area contributed by atoms with Crippen molar-refractivity contribution in [1.82, 2.24) is 10.3 Å². The first-order chi connectivity index (χ1) is 13.7. The second kappa shape index (κ2) is 10.3. The molecule has 0 unspecified atom stereocenters. The van der Waals surface area contributed by atoms with E-state index in [9.17, 15) is 9.59 Å². The van der Waals surface area contributed by atoms with Gasteiger partial charge in [-0.05, 0) is 48.7 Å². The Balaban J connectivity index is 1.39. The molecule has 1 fully saturated rings. The van der Waals surface area contributed by atoms with Gasteiger partial charge in [-0.3, -0.25) is 9.78 Å². The molecule has 1 saturated carbocycles. The number of hydrogen-bond acceptors (Lipinski definition) is 5. The number of ether oxygens (including phenoxy) is 2. The maximum absolute atomic E-state index is 11.8. The van der Waals surface area contributed by atoms with Crippen molar-refractivity contribution in [2.24, 2.45) is 0 Å². The summed E-state index contributed by atoms with van der Waals surface area (Å²) in [6, 6.07) is 13.2. The molecular formula is C22H24N2O4. The zero-order valence-corrected chi connectivity index (χ0v) is 15.7.